The molecular formula is C13H10N2O3. The normalized spacial score (nSPS) is 10.9. The molecule has 0 aliphatic carbocycles. The van der Waals surface area contributed by atoms with Crippen LogP contribution in [-0.4, -0.2) is 21.0 Å². The molecule has 0 spiro atoms. The molecule has 90 valence electrons. The Morgan fingerprint density at radius 3 is 3.00 bits per heavy atom. The average molecular weight is 242 g/mol. The van der Waals surface area contributed by atoms with Gasteiger partial charge >= 0.3 is 5.97 Å². The maximum absolute atomic E-state index is 10.8. The second kappa shape index (κ2) is 3.73. The topological polar surface area (TPSA) is 79.1 Å². The van der Waals surface area contributed by atoms with Gasteiger partial charge in [-0.15, -0.1) is 0 Å². The predicted molar refractivity (Wildman–Crippen MR) is 65.5 cm³/mol. The zero-order valence-corrected chi connectivity index (χ0v) is 9.60. The molecule has 0 saturated heterocycles. The molecular weight excluding hydrogens is 232 g/mol. The summed E-state index contributed by atoms with van der Waals surface area (Å²) in [5.74, 6) is -0.482. The van der Waals surface area contributed by atoms with Gasteiger partial charge in [-0.05, 0) is 30.7 Å². The van der Waals surface area contributed by atoms with E-state index in [1.165, 1.54) is 6.20 Å². The zero-order chi connectivity index (χ0) is 12.7. The molecule has 2 aromatic heterocycles. The highest BCUT2D eigenvalue weighted by Gasteiger charge is 2.10. The van der Waals surface area contributed by atoms with Crippen molar-refractivity contribution in [2.45, 2.75) is 6.92 Å². The van der Waals surface area contributed by atoms with Gasteiger partial charge in [0.15, 0.2) is 0 Å². The molecule has 5 heteroatoms. The highest BCUT2D eigenvalue weighted by molar-refractivity contribution is 5.87. The molecule has 5 nitrogen and oxygen atoms in total. The van der Waals surface area contributed by atoms with E-state index in [0.29, 0.717) is 5.82 Å². The van der Waals surface area contributed by atoms with Gasteiger partial charge in [0.05, 0.1) is 12.5 Å². The molecule has 0 aliphatic heterocycles. The van der Waals surface area contributed by atoms with E-state index in [-0.39, 0.29) is 5.69 Å². The summed E-state index contributed by atoms with van der Waals surface area (Å²) in [4.78, 5) is 17.6. The van der Waals surface area contributed by atoms with E-state index in [4.69, 9.17) is 9.52 Å². The van der Waals surface area contributed by atoms with Gasteiger partial charge < -0.3 is 14.5 Å². The number of carboxylic acid groups (broad SMARTS) is 1. The lowest BCUT2D eigenvalue weighted by Gasteiger charge is -1.97. The van der Waals surface area contributed by atoms with Gasteiger partial charge in [-0.25, -0.2) is 9.78 Å². The largest absolute Gasteiger partial charge is 0.477 e. The number of hydrogen-bond donors (Lipinski definition) is 2. The van der Waals surface area contributed by atoms with E-state index in [1.54, 1.807) is 6.26 Å². The molecule has 0 saturated carbocycles. The van der Waals surface area contributed by atoms with Crippen molar-refractivity contribution in [3.05, 3.63) is 41.9 Å². The number of furan rings is 1. The van der Waals surface area contributed by atoms with Crippen molar-refractivity contribution in [1.29, 1.82) is 0 Å². The molecule has 3 rings (SSSR count). The fourth-order valence-electron chi connectivity index (χ4n) is 1.88. The lowest BCUT2D eigenvalue weighted by Crippen LogP contribution is -1.95. The Kier molecular flexibility index (Phi) is 2.19. The average Bonchev–Trinajstić information content (AvgIpc) is 2.96. The molecule has 0 radical (unpaired) electrons. The van der Waals surface area contributed by atoms with E-state index in [0.717, 1.165) is 22.1 Å². The Morgan fingerprint density at radius 1 is 1.44 bits per heavy atom. The summed E-state index contributed by atoms with van der Waals surface area (Å²) in [5.41, 5.74) is 2.76. The smallest absolute Gasteiger partial charge is 0.353 e. The first-order valence-corrected chi connectivity index (χ1v) is 5.41. The number of benzene rings is 1. The number of imidazole rings is 1. The number of aromatic carboxylic acids is 1. The third-order valence-electron chi connectivity index (χ3n) is 2.85. The van der Waals surface area contributed by atoms with Crippen molar-refractivity contribution in [2.24, 2.45) is 0 Å². The van der Waals surface area contributed by atoms with Crippen LogP contribution in [0.3, 0.4) is 0 Å². The Hall–Kier alpha value is -2.56. The van der Waals surface area contributed by atoms with Crippen LogP contribution in [0.15, 0.2) is 35.1 Å². The van der Waals surface area contributed by atoms with Gasteiger partial charge in [0.25, 0.3) is 0 Å². The minimum Gasteiger partial charge on any atom is -0.477 e. The molecule has 0 atom stereocenters. The molecule has 0 amide bonds. The maximum atomic E-state index is 10.8. The van der Waals surface area contributed by atoms with Crippen molar-refractivity contribution in [3.63, 3.8) is 0 Å². The number of aromatic amines is 1. The fraction of sp³-hybridized carbons (Fsp3) is 0.0769. The monoisotopic (exact) mass is 242 g/mol. The highest BCUT2D eigenvalue weighted by atomic mass is 16.4. The second-order valence-corrected chi connectivity index (χ2v) is 4.08. The van der Waals surface area contributed by atoms with E-state index >= 15 is 0 Å². The number of fused-ring (bicyclic) bond motifs is 1. The lowest BCUT2D eigenvalue weighted by molar-refractivity contribution is 0.0691. The number of rotatable bonds is 2. The van der Waals surface area contributed by atoms with Gasteiger partial charge in [-0.3, -0.25) is 0 Å². The Morgan fingerprint density at radius 2 is 2.28 bits per heavy atom. The maximum Gasteiger partial charge on any atom is 0.353 e. The minimum atomic E-state index is -1.02. The van der Waals surface area contributed by atoms with Gasteiger partial charge in [0.2, 0.25) is 0 Å². The van der Waals surface area contributed by atoms with Crippen LogP contribution in [0, 0.1) is 6.92 Å². The summed E-state index contributed by atoms with van der Waals surface area (Å²) < 4.78 is 5.36. The van der Waals surface area contributed by atoms with Crippen molar-refractivity contribution in [1.82, 2.24) is 9.97 Å². The first kappa shape index (κ1) is 10.6. The fourth-order valence-corrected chi connectivity index (χ4v) is 1.88. The summed E-state index contributed by atoms with van der Waals surface area (Å²) in [5, 5.41) is 9.84. The van der Waals surface area contributed by atoms with Crippen LogP contribution in [0.25, 0.3) is 22.4 Å². The molecule has 2 heterocycles. The number of nitrogens with one attached hydrogen (secondary N) is 1. The number of carboxylic acids is 1. The highest BCUT2D eigenvalue weighted by Crippen LogP contribution is 2.25. The van der Waals surface area contributed by atoms with E-state index in [1.807, 2.05) is 25.1 Å². The van der Waals surface area contributed by atoms with Crippen LogP contribution in [0.1, 0.15) is 16.1 Å². The molecule has 0 unspecified atom stereocenters. The molecule has 0 bridgehead atoms. The van der Waals surface area contributed by atoms with Crippen molar-refractivity contribution in [3.8, 4) is 11.4 Å². The summed E-state index contributed by atoms with van der Waals surface area (Å²) in [6.07, 6.45) is 3.00. The van der Waals surface area contributed by atoms with Gasteiger partial charge in [0, 0.05) is 10.9 Å². The Balaban J connectivity index is 2.12. The summed E-state index contributed by atoms with van der Waals surface area (Å²) in [6, 6.07) is 5.62. The Bertz CT molecular complexity index is 740. The summed E-state index contributed by atoms with van der Waals surface area (Å²) in [6.45, 7) is 1.96. The van der Waals surface area contributed by atoms with Gasteiger partial charge in [-0.2, -0.15) is 0 Å². The molecule has 0 fully saturated rings. The first-order chi connectivity index (χ1) is 8.65. The van der Waals surface area contributed by atoms with Crippen molar-refractivity contribution >= 4 is 16.9 Å². The van der Waals surface area contributed by atoms with E-state index in [2.05, 4.69) is 9.97 Å². The van der Waals surface area contributed by atoms with Crippen LogP contribution >= 0.6 is 0 Å². The first-order valence-electron chi connectivity index (χ1n) is 5.41. The minimum absolute atomic E-state index is 0.0778. The number of H-pyrrole nitrogens is 1. The van der Waals surface area contributed by atoms with Crippen LogP contribution in [0.2, 0.25) is 0 Å². The van der Waals surface area contributed by atoms with Crippen LogP contribution in [0.5, 0.6) is 0 Å². The molecule has 2 N–H and O–H groups in total. The number of nitrogens with zero attached hydrogens (tertiary/aromatic N) is 1. The van der Waals surface area contributed by atoms with Gasteiger partial charge in [0.1, 0.15) is 17.1 Å². The summed E-state index contributed by atoms with van der Waals surface area (Å²) >= 11 is 0. The SMILES string of the molecule is Cc1coc2ccc(-c3ncc(C(=O)O)[nH]3)cc12. The third-order valence-corrected chi connectivity index (χ3v) is 2.85. The van der Waals surface area contributed by atoms with Crippen LogP contribution < -0.4 is 0 Å². The second-order valence-electron chi connectivity index (χ2n) is 4.08. The van der Waals surface area contributed by atoms with E-state index < -0.39 is 5.97 Å². The van der Waals surface area contributed by atoms with Crippen LogP contribution in [-0.2, 0) is 0 Å². The van der Waals surface area contributed by atoms with Gasteiger partial charge in [-0.1, -0.05) is 0 Å². The summed E-state index contributed by atoms with van der Waals surface area (Å²) in [7, 11) is 0. The van der Waals surface area contributed by atoms with Crippen molar-refractivity contribution in [2.75, 3.05) is 0 Å². The molecule has 3 aromatic rings. The standard InChI is InChI=1S/C13H10N2O3/c1-7-6-18-11-3-2-8(4-9(7)11)12-14-5-10(15-12)13(16)17/h2-6H,1H3,(H,14,15)(H,16,17). The predicted octanol–water partition coefficient (Wildman–Crippen LogP) is 2.83. The Labute approximate surface area is 102 Å². The third kappa shape index (κ3) is 1.57. The zero-order valence-electron chi connectivity index (χ0n) is 9.60. The van der Waals surface area contributed by atoms with E-state index in [9.17, 15) is 4.79 Å². The van der Waals surface area contributed by atoms with Crippen LogP contribution in [0.4, 0.5) is 0 Å². The number of aryl methyl sites for hydroxylation is 1. The number of carbonyl (C=O) groups is 1. The molecule has 0 aliphatic rings. The quantitative estimate of drug-likeness (QED) is 0.724. The molecule has 1 aromatic carbocycles. The molecule has 18 heavy (non-hydrogen) atoms. The number of hydrogen-bond acceptors (Lipinski definition) is 3. The van der Waals surface area contributed by atoms with Crippen molar-refractivity contribution < 1.29 is 14.3 Å². The number of aromatic nitrogens is 2. The lowest BCUT2D eigenvalue weighted by atomic mass is 10.1.